The van der Waals surface area contributed by atoms with E-state index >= 15 is 0 Å². The first-order chi connectivity index (χ1) is 15.4. The highest BCUT2D eigenvalue weighted by atomic mass is 35.5. The molecule has 0 spiro atoms. The molecule has 32 heavy (non-hydrogen) atoms. The zero-order valence-corrected chi connectivity index (χ0v) is 18.6. The average molecular weight is 491 g/mol. The number of pyridine rings is 1. The Labute approximate surface area is 198 Å². The number of aromatic nitrogens is 2. The van der Waals surface area contributed by atoms with Crippen LogP contribution in [-0.4, -0.2) is 15.5 Å². The summed E-state index contributed by atoms with van der Waals surface area (Å²) in [6.07, 6.45) is 3.17. The van der Waals surface area contributed by atoms with Crippen LogP contribution in [0.4, 0.5) is 4.39 Å². The van der Waals surface area contributed by atoms with Crippen LogP contribution in [-0.2, 0) is 6.54 Å². The van der Waals surface area contributed by atoms with Gasteiger partial charge in [-0.3, -0.25) is 9.36 Å². The fourth-order valence-corrected chi connectivity index (χ4v) is 3.60. The molecule has 9 heteroatoms. The van der Waals surface area contributed by atoms with Gasteiger partial charge in [-0.05, 0) is 48.0 Å². The highest BCUT2D eigenvalue weighted by Crippen LogP contribution is 2.26. The Morgan fingerprint density at radius 1 is 1.00 bits per heavy atom. The Morgan fingerprint density at radius 3 is 2.47 bits per heavy atom. The van der Waals surface area contributed by atoms with Crippen LogP contribution in [0.15, 0.2) is 73.1 Å². The second-order valence-electron chi connectivity index (χ2n) is 6.73. The van der Waals surface area contributed by atoms with Gasteiger partial charge in [0.25, 0.3) is 5.91 Å². The molecule has 0 aliphatic rings. The van der Waals surface area contributed by atoms with Crippen LogP contribution in [0.1, 0.15) is 16.1 Å². The highest BCUT2D eigenvalue weighted by Gasteiger charge is 2.15. The Balaban J connectivity index is 1.40. The van der Waals surface area contributed by atoms with Crippen molar-refractivity contribution in [3.8, 4) is 17.3 Å². The molecule has 0 saturated carbocycles. The van der Waals surface area contributed by atoms with Crippen LogP contribution in [0.2, 0.25) is 15.1 Å². The normalized spacial score (nSPS) is 10.8. The van der Waals surface area contributed by atoms with Gasteiger partial charge in [0.05, 0.1) is 15.1 Å². The quantitative estimate of drug-likeness (QED) is 0.327. The van der Waals surface area contributed by atoms with E-state index in [2.05, 4.69) is 10.3 Å². The van der Waals surface area contributed by atoms with Gasteiger partial charge in [0, 0.05) is 25.0 Å². The van der Waals surface area contributed by atoms with Crippen molar-refractivity contribution < 1.29 is 13.9 Å². The summed E-state index contributed by atoms with van der Waals surface area (Å²) >= 11 is 17.9. The lowest BCUT2D eigenvalue weighted by Crippen LogP contribution is -2.25. The van der Waals surface area contributed by atoms with Crippen molar-refractivity contribution in [1.29, 1.82) is 0 Å². The van der Waals surface area contributed by atoms with Gasteiger partial charge in [-0.15, -0.1) is 0 Å². The minimum absolute atomic E-state index is 0.0123. The molecule has 0 bridgehead atoms. The van der Waals surface area contributed by atoms with E-state index in [4.69, 9.17) is 39.5 Å². The SMILES string of the molecule is O=C(NCc1ccc(Oc2ccc(F)c(Cl)c2)cc1)c1cccn1-c1ncc(Cl)cc1Cl. The molecule has 0 radical (unpaired) electrons. The summed E-state index contributed by atoms with van der Waals surface area (Å²) in [6, 6.07) is 16.2. The van der Waals surface area contributed by atoms with Gasteiger partial charge in [-0.2, -0.15) is 0 Å². The van der Waals surface area contributed by atoms with Crippen molar-refractivity contribution in [3.63, 3.8) is 0 Å². The third kappa shape index (κ3) is 5.05. The standard InChI is InChI=1S/C23H15Cl3FN3O2/c24-15-10-19(26)22(28-13-15)30-9-1-2-21(30)23(31)29-12-14-3-5-16(6-4-14)32-17-7-8-20(27)18(25)11-17/h1-11,13H,12H2,(H,29,31). The van der Waals surface area contributed by atoms with Crippen LogP contribution in [0, 0.1) is 5.82 Å². The van der Waals surface area contributed by atoms with E-state index in [0.29, 0.717) is 39.6 Å². The van der Waals surface area contributed by atoms with Gasteiger partial charge in [0.2, 0.25) is 0 Å². The molecular formula is C23H15Cl3FN3O2. The molecule has 1 amide bonds. The fraction of sp³-hybridized carbons (Fsp3) is 0.0435. The van der Waals surface area contributed by atoms with Crippen LogP contribution >= 0.6 is 34.8 Å². The summed E-state index contributed by atoms with van der Waals surface area (Å²) in [5, 5.41) is 3.60. The Morgan fingerprint density at radius 2 is 1.75 bits per heavy atom. The molecule has 5 nitrogen and oxygen atoms in total. The minimum atomic E-state index is -0.509. The number of hydrogen-bond donors (Lipinski definition) is 1. The summed E-state index contributed by atoms with van der Waals surface area (Å²) in [6.45, 7) is 0.300. The lowest BCUT2D eigenvalue weighted by molar-refractivity contribution is 0.0944. The summed E-state index contributed by atoms with van der Waals surface area (Å²) < 4.78 is 20.5. The second-order valence-corrected chi connectivity index (χ2v) is 7.98. The van der Waals surface area contributed by atoms with Crippen molar-refractivity contribution in [2.45, 2.75) is 6.54 Å². The molecule has 0 unspecified atom stereocenters. The maximum atomic E-state index is 13.3. The smallest absolute Gasteiger partial charge is 0.268 e. The lowest BCUT2D eigenvalue weighted by Gasteiger charge is -2.11. The predicted octanol–water partition coefficient (Wildman–Crippen LogP) is 6.69. The van der Waals surface area contributed by atoms with E-state index in [1.54, 1.807) is 41.1 Å². The zero-order valence-electron chi connectivity index (χ0n) is 16.4. The summed E-state index contributed by atoms with van der Waals surface area (Å²) in [4.78, 5) is 16.9. The van der Waals surface area contributed by atoms with Gasteiger partial charge >= 0.3 is 0 Å². The first-order valence-corrected chi connectivity index (χ1v) is 10.5. The van der Waals surface area contributed by atoms with E-state index < -0.39 is 5.82 Å². The molecule has 2 heterocycles. The molecule has 0 aliphatic carbocycles. The maximum absolute atomic E-state index is 13.3. The number of benzene rings is 2. The largest absolute Gasteiger partial charge is 0.457 e. The number of halogens is 4. The van der Waals surface area contributed by atoms with E-state index in [1.807, 2.05) is 12.1 Å². The first kappa shape index (κ1) is 22.1. The molecule has 162 valence electrons. The predicted molar refractivity (Wildman–Crippen MR) is 123 cm³/mol. The van der Waals surface area contributed by atoms with Crippen LogP contribution in [0.3, 0.4) is 0 Å². The third-order valence-corrected chi connectivity index (χ3v) is 5.28. The maximum Gasteiger partial charge on any atom is 0.268 e. The molecule has 0 fully saturated rings. The molecule has 0 saturated heterocycles. The topological polar surface area (TPSA) is 56.1 Å². The number of amides is 1. The van der Waals surface area contributed by atoms with E-state index in [0.717, 1.165) is 5.56 Å². The highest BCUT2D eigenvalue weighted by molar-refractivity contribution is 6.35. The zero-order chi connectivity index (χ0) is 22.7. The van der Waals surface area contributed by atoms with Crippen LogP contribution < -0.4 is 10.1 Å². The van der Waals surface area contributed by atoms with E-state index in [1.165, 1.54) is 24.4 Å². The van der Waals surface area contributed by atoms with Gasteiger partial charge in [0.15, 0.2) is 5.82 Å². The van der Waals surface area contributed by atoms with Gasteiger partial charge in [-0.1, -0.05) is 46.9 Å². The minimum Gasteiger partial charge on any atom is -0.457 e. The number of ether oxygens (including phenoxy) is 1. The van der Waals surface area contributed by atoms with Gasteiger partial charge < -0.3 is 10.1 Å². The van der Waals surface area contributed by atoms with E-state index in [-0.39, 0.29) is 10.9 Å². The number of nitrogens with one attached hydrogen (secondary N) is 1. The summed E-state index contributed by atoms with van der Waals surface area (Å²) in [5.41, 5.74) is 1.25. The van der Waals surface area contributed by atoms with E-state index in [9.17, 15) is 9.18 Å². The van der Waals surface area contributed by atoms with Crippen LogP contribution in [0.25, 0.3) is 5.82 Å². The number of rotatable bonds is 6. The Bertz CT molecular complexity index is 1280. The summed E-state index contributed by atoms with van der Waals surface area (Å²) in [5.74, 6) is 0.593. The second kappa shape index (κ2) is 9.61. The fourth-order valence-electron chi connectivity index (χ4n) is 2.96. The average Bonchev–Trinajstić information content (AvgIpc) is 3.25. The molecule has 0 aliphatic heterocycles. The number of hydrogen-bond acceptors (Lipinski definition) is 3. The molecule has 2 aromatic carbocycles. The molecule has 1 N–H and O–H groups in total. The van der Waals surface area contributed by atoms with Crippen molar-refractivity contribution >= 4 is 40.7 Å². The molecular weight excluding hydrogens is 476 g/mol. The molecule has 0 atom stereocenters. The number of carbonyl (C=O) groups is 1. The molecule has 4 aromatic rings. The third-order valence-electron chi connectivity index (χ3n) is 4.50. The lowest BCUT2D eigenvalue weighted by atomic mass is 10.2. The monoisotopic (exact) mass is 489 g/mol. The molecule has 2 aromatic heterocycles. The Hall–Kier alpha value is -3.06. The number of nitrogens with zero attached hydrogens (tertiary/aromatic N) is 2. The van der Waals surface area contributed by atoms with Crippen molar-refractivity contribution in [2.75, 3.05) is 0 Å². The van der Waals surface area contributed by atoms with Crippen molar-refractivity contribution in [2.24, 2.45) is 0 Å². The Kier molecular flexibility index (Phi) is 6.65. The van der Waals surface area contributed by atoms with Gasteiger partial charge in [-0.25, -0.2) is 9.37 Å². The summed E-state index contributed by atoms with van der Waals surface area (Å²) in [7, 11) is 0. The van der Waals surface area contributed by atoms with Gasteiger partial charge in [0.1, 0.15) is 23.0 Å². The van der Waals surface area contributed by atoms with Crippen LogP contribution in [0.5, 0.6) is 11.5 Å². The number of carbonyl (C=O) groups excluding carboxylic acids is 1. The van der Waals surface area contributed by atoms with Crippen molar-refractivity contribution in [1.82, 2.24) is 14.9 Å². The molecule has 4 rings (SSSR count). The van der Waals surface area contributed by atoms with Crippen molar-refractivity contribution in [3.05, 3.63) is 105 Å². The first-order valence-electron chi connectivity index (χ1n) is 9.39.